The summed E-state index contributed by atoms with van der Waals surface area (Å²) in [5, 5.41) is 16.8. The maximum Gasteiger partial charge on any atom is 0.247 e. The van der Waals surface area contributed by atoms with Gasteiger partial charge in [0.05, 0.1) is 6.10 Å². The summed E-state index contributed by atoms with van der Waals surface area (Å²) in [6, 6.07) is 15.1. The van der Waals surface area contributed by atoms with E-state index >= 15 is 0 Å². The number of hydrogen-bond acceptors (Lipinski definition) is 2. The number of allylic oxidation sites excluding steroid dienone is 3. The monoisotopic (exact) mass is 549 g/mol. The van der Waals surface area contributed by atoms with Crippen molar-refractivity contribution < 1.29 is 9.90 Å². The molecule has 6 rings (SSSR count). The summed E-state index contributed by atoms with van der Waals surface area (Å²) >= 11 is 0. The number of aryl methyl sites for hydroxylation is 1. The van der Waals surface area contributed by atoms with E-state index in [0.29, 0.717) is 0 Å². The van der Waals surface area contributed by atoms with Gasteiger partial charge >= 0.3 is 0 Å². The number of carbonyl (C=O) groups is 1. The molecular formula is C38H47NO2. The van der Waals surface area contributed by atoms with Crippen LogP contribution in [0.5, 0.6) is 0 Å². The van der Waals surface area contributed by atoms with Gasteiger partial charge in [0.25, 0.3) is 0 Å². The highest BCUT2D eigenvalue weighted by Gasteiger charge is 2.51. The first-order valence-electron chi connectivity index (χ1n) is 15.8. The number of nitrogens with one attached hydrogen (secondary N) is 1. The molecule has 2 aromatic rings. The Kier molecular flexibility index (Phi) is 9.51. The van der Waals surface area contributed by atoms with Crippen molar-refractivity contribution in [2.24, 2.45) is 23.7 Å². The van der Waals surface area contributed by atoms with E-state index in [2.05, 4.69) is 65.7 Å². The average Bonchev–Trinajstić information content (AvgIpc) is 2.94. The molecule has 3 nitrogen and oxygen atoms in total. The molecule has 2 aromatic carbocycles. The average molecular weight is 550 g/mol. The Bertz CT molecular complexity index is 1350. The van der Waals surface area contributed by atoms with Crippen molar-refractivity contribution in [3.8, 4) is 11.8 Å². The Morgan fingerprint density at radius 2 is 1.68 bits per heavy atom. The highest BCUT2D eigenvalue weighted by molar-refractivity contribution is 5.93. The molecule has 4 aliphatic carbocycles. The van der Waals surface area contributed by atoms with Gasteiger partial charge in [-0.25, -0.2) is 0 Å². The van der Waals surface area contributed by atoms with Crippen LogP contribution in [-0.4, -0.2) is 22.7 Å². The van der Waals surface area contributed by atoms with E-state index in [4.69, 9.17) is 0 Å². The second kappa shape index (κ2) is 13.3. The number of benzene rings is 2. The van der Waals surface area contributed by atoms with Crippen LogP contribution in [-0.2, 0) is 11.2 Å². The third kappa shape index (κ3) is 7.60. The fraction of sp³-hybridized carbons (Fsp3) is 0.500. The lowest BCUT2D eigenvalue weighted by Crippen LogP contribution is -2.60. The quantitative estimate of drug-likeness (QED) is 0.136. The van der Waals surface area contributed by atoms with Crippen LogP contribution in [0.25, 0.3) is 10.8 Å². The topological polar surface area (TPSA) is 49.3 Å². The lowest BCUT2D eigenvalue weighted by molar-refractivity contribution is -0.123. The van der Waals surface area contributed by atoms with Crippen LogP contribution in [0.2, 0.25) is 0 Å². The van der Waals surface area contributed by atoms with Gasteiger partial charge in [0.1, 0.15) is 0 Å². The number of aliphatic hydroxyl groups excluding tert-OH is 1. The predicted octanol–water partition coefficient (Wildman–Crippen LogP) is 8.09. The molecule has 4 bridgehead atoms. The van der Waals surface area contributed by atoms with Crippen molar-refractivity contribution in [1.82, 2.24) is 5.32 Å². The lowest BCUT2D eigenvalue weighted by atomic mass is 9.53. The molecule has 0 spiro atoms. The van der Waals surface area contributed by atoms with Crippen molar-refractivity contribution in [3.05, 3.63) is 83.5 Å². The number of carbonyl (C=O) groups excluding carboxylic acids is 1. The Labute approximate surface area is 247 Å². The molecule has 2 atom stereocenters. The van der Waals surface area contributed by atoms with E-state index in [1.807, 2.05) is 39.0 Å². The zero-order valence-electron chi connectivity index (χ0n) is 25.2. The standard InChI is InChI=1S/C38H47NO2/c1-27(36(40)28(2)14-11-15-30-18-19-34-16-9-10-17-35(34)23-30)12-7-5-4-6-8-13-29(3)37(41)39-38-24-31-20-32(25-38)22-33(21-31)26-38/h7,9-10,12-14,16-19,23,27,31-33,36,40H,6,8,11,15,20-22,24-26H2,1-3H3,(H,39,41)/b12-7+,28-14+,29-13+/t27-,31?,32?,33?,36-,38?/m1/s1. The number of aliphatic hydroxyl groups is 1. The Balaban J connectivity index is 1.02. The first-order valence-corrected chi connectivity index (χ1v) is 15.8. The van der Waals surface area contributed by atoms with Crippen LogP contribution < -0.4 is 5.32 Å². The minimum absolute atomic E-state index is 0.00311. The Hall–Kier alpha value is -3.09. The fourth-order valence-corrected chi connectivity index (χ4v) is 7.89. The molecule has 0 unspecified atom stereocenters. The Morgan fingerprint density at radius 3 is 2.39 bits per heavy atom. The second-order valence-electron chi connectivity index (χ2n) is 13.2. The summed E-state index contributed by atoms with van der Waals surface area (Å²) in [5.74, 6) is 8.90. The van der Waals surface area contributed by atoms with Crippen LogP contribution in [0.3, 0.4) is 0 Å². The fourth-order valence-electron chi connectivity index (χ4n) is 7.89. The van der Waals surface area contributed by atoms with E-state index in [-0.39, 0.29) is 17.4 Å². The third-order valence-electron chi connectivity index (χ3n) is 9.76. The maximum atomic E-state index is 12.9. The molecule has 4 fully saturated rings. The zero-order chi connectivity index (χ0) is 28.8. The van der Waals surface area contributed by atoms with Gasteiger partial charge in [-0.2, -0.15) is 0 Å². The summed E-state index contributed by atoms with van der Waals surface area (Å²) in [6.45, 7) is 5.97. The molecule has 0 aromatic heterocycles. The van der Waals surface area contributed by atoms with Crippen molar-refractivity contribution in [2.45, 2.75) is 96.6 Å². The minimum atomic E-state index is -0.511. The van der Waals surface area contributed by atoms with Gasteiger partial charge in [0.2, 0.25) is 5.91 Å². The van der Waals surface area contributed by atoms with Crippen molar-refractivity contribution in [1.29, 1.82) is 0 Å². The minimum Gasteiger partial charge on any atom is -0.388 e. The van der Waals surface area contributed by atoms with Crippen molar-refractivity contribution in [3.63, 3.8) is 0 Å². The normalized spacial score (nSPS) is 27.1. The van der Waals surface area contributed by atoms with Crippen LogP contribution in [0.1, 0.15) is 84.1 Å². The van der Waals surface area contributed by atoms with Crippen LogP contribution >= 0.6 is 0 Å². The van der Waals surface area contributed by atoms with Gasteiger partial charge in [0, 0.05) is 23.5 Å². The molecule has 4 aliphatic rings. The van der Waals surface area contributed by atoms with Crippen LogP contribution in [0.4, 0.5) is 0 Å². The summed E-state index contributed by atoms with van der Waals surface area (Å²) in [4.78, 5) is 12.9. The molecule has 0 aliphatic heterocycles. The highest BCUT2D eigenvalue weighted by atomic mass is 16.3. The number of rotatable bonds is 10. The first kappa shape index (κ1) is 29.4. The third-order valence-corrected chi connectivity index (χ3v) is 9.76. The predicted molar refractivity (Wildman–Crippen MR) is 170 cm³/mol. The number of hydrogen-bond donors (Lipinski definition) is 2. The number of amides is 1. The molecule has 41 heavy (non-hydrogen) atoms. The second-order valence-corrected chi connectivity index (χ2v) is 13.2. The van der Waals surface area contributed by atoms with Crippen LogP contribution in [0.15, 0.2) is 77.9 Å². The van der Waals surface area contributed by atoms with Crippen molar-refractivity contribution in [2.75, 3.05) is 0 Å². The molecule has 4 saturated carbocycles. The van der Waals surface area contributed by atoms with E-state index in [9.17, 15) is 9.90 Å². The Morgan fingerprint density at radius 1 is 1.00 bits per heavy atom. The molecule has 0 heterocycles. The first-order chi connectivity index (χ1) is 19.8. The maximum absolute atomic E-state index is 12.9. The summed E-state index contributed by atoms with van der Waals surface area (Å²) in [5.41, 5.74) is 3.21. The van der Waals surface area contributed by atoms with E-state index in [1.54, 1.807) is 0 Å². The van der Waals surface area contributed by atoms with Gasteiger partial charge in [-0.15, -0.1) is 0 Å². The summed E-state index contributed by atoms with van der Waals surface area (Å²) in [7, 11) is 0. The molecule has 1 amide bonds. The largest absolute Gasteiger partial charge is 0.388 e. The highest BCUT2D eigenvalue weighted by Crippen LogP contribution is 2.55. The van der Waals surface area contributed by atoms with E-state index in [1.165, 1.54) is 54.9 Å². The number of unbranched alkanes of at least 4 members (excludes halogenated alkanes) is 1. The van der Waals surface area contributed by atoms with Gasteiger partial charge in [-0.1, -0.05) is 79.5 Å². The van der Waals surface area contributed by atoms with Gasteiger partial charge in [-0.05, 0) is 117 Å². The summed E-state index contributed by atoms with van der Waals surface area (Å²) in [6.07, 6.45) is 18.6. The van der Waals surface area contributed by atoms with Crippen LogP contribution in [0, 0.1) is 35.5 Å². The molecule has 2 N–H and O–H groups in total. The smallest absolute Gasteiger partial charge is 0.247 e. The van der Waals surface area contributed by atoms with Gasteiger partial charge in [-0.3, -0.25) is 4.79 Å². The molecule has 0 radical (unpaired) electrons. The van der Waals surface area contributed by atoms with Crippen molar-refractivity contribution >= 4 is 16.7 Å². The molecular weight excluding hydrogens is 502 g/mol. The molecule has 3 heteroatoms. The summed E-state index contributed by atoms with van der Waals surface area (Å²) < 4.78 is 0. The lowest BCUT2D eigenvalue weighted by Gasteiger charge is -2.56. The number of fused-ring (bicyclic) bond motifs is 1. The van der Waals surface area contributed by atoms with E-state index < -0.39 is 6.10 Å². The zero-order valence-corrected chi connectivity index (χ0v) is 25.2. The van der Waals surface area contributed by atoms with E-state index in [0.717, 1.165) is 54.6 Å². The molecule has 216 valence electrons. The van der Waals surface area contributed by atoms with Gasteiger partial charge < -0.3 is 10.4 Å². The van der Waals surface area contributed by atoms with Gasteiger partial charge in [0.15, 0.2) is 0 Å². The SMILES string of the molecule is C/C(=C\CCC#C/C=C/[C@@H](C)[C@@H](O)/C(C)=C/CCc1ccc2ccccc2c1)C(=O)NC12CC3CC(CC(C3)C1)C2. The molecule has 0 saturated heterocycles.